The van der Waals surface area contributed by atoms with Crippen LogP contribution in [0.15, 0.2) is 54.7 Å². The Morgan fingerprint density at radius 3 is 2.44 bits per heavy atom. The monoisotopic (exact) mass is 334 g/mol. The molecule has 0 spiro atoms. The first-order valence-electron chi connectivity index (χ1n) is 8.44. The van der Waals surface area contributed by atoms with E-state index in [-0.39, 0.29) is 0 Å². The van der Waals surface area contributed by atoms with E-state index in [2.05, 4.69) is 17.1 Å². The summed E-state index contributed by atoms with van der Waals surface area (Å²) in [6.07, 6.45) is 1.77. The zero-order chi connectivity index (χ0) is 18.1. The lowest BCUT2D eigenvalue weighted by molar-refractivity contribution is -0.0893. The largest absolute Gasteiger partial charge is 0.427 e. The van der Waals surface area contributed by atoms with E-state index in [1.165, 1.54) is 0 Å². The molecule has 0 unspecified atom stereocenters. The molecule has 25 heavy (non-hydrogen) atoms. The fourth-order valence-corrected chi connectivity index (χ4v) is 2.36. The van der Waals surface area contributed by atoms with Crippen molar-refractivity contribution in [2.24, 2.45) is 0 Å². The smallest absolute Gasteiger partial charge is 0.309 e. The van der Waals surface area contributed by atoms with Gasteiger partial charge >= 0.3 is 7.48 Å². The van der Waals surface area contributed by atoms with Crippen LogP contribution in [0.4, 0.5) is 0 Å². The summed E-state index contributed by atoms with van der Waals surface area (Å²) >= 11 is 0. The molecule has 1 aromatic carbocycles. The van der Waals surface area contributed by atoms with Crippen molar-refractivity contribution in [1.29, 1.82) is 0 Å². The molecular formula is C20H23BN2O2. The Labute approximate surface area is 149 Å². The van der Waals surface area contributed by atoms with E-state index in [9.17, 15) is 5.11 Å². The van der Waals surface area contributed by atoms with Crippen LogP contribution in [0.25, 0.3) is 22.3 Å². The van der Waals surface area contributed by atoms with Crippen molar-refractivity contribution in [1.82, 2.24) is 9.97 Å². The predicted octanol–water partition coefficient (Wildman–Crippen LogP) is 2.84. The van der Waals surface area contributed by atoms with E-state index in [0.29, 0.717) is 7.48 Å². The minimum Gasteiger partial charge on any atom is -0.427 e. The van der Waals surface area contributed by atoms with Crippen LogP contribution >= 0.6 is 0 Å². The summed E-state index contributed by atoms with van der Waals surface area (Å²) in [5, 5.41) is 11.3. The van der Waals surface area contributed by atoms with Crippen LogP contribution in [-0.2, 0) is 4.65 Å². The minimum atomic E-state index is -0.914. The predicted molar refractivity (Wildman–Crippen MR) is 103 cm³/mol. The molecule has 0 saturated heterocycles. The van der Waals surface area contributed by atoms with Crippen molar-refractivity contribution in [3.63, 3.8) is 0 Å². The molecule has 2 heterocycles. The van der Waals surface area contributed by atoms with Gasteiger partial charge in [0.05, 0.1) is 28.1 Å². The standard InChI is InChI=1S/C20H23BN2O2/c1-19(2,24)20(3,4)25-21-15-9-11-16-14(13-15)8-10-18(23-16)17-7-5-6-12-22-17/h5-13,21,24H,1-4H3. The molecule has 0 amide bonds. The van der Waals surface area contributed by atoms with E-state index in [1.54, 1.807) is 20.0 Å². The van der Waals surface area contributed by atoms with Crippen molar-refractivity contribution in [2.75, 3.05) is 0 Å². The van der Waals surface area contributed by atoms with Gasteiger partial charge in [-0.25, -0.2) is 4.98 Å². The molecule has 128 valence electrons. The van der Waals surface area contributed by atoms with Gasteiger partial charge in [-0.2, -0.15) is 0 Å². The van der Waals surface area contributed by atoms with E-state index in [0.717, 1.165) is 27.8 Å². The molecule has 0 saturated carbocycles. The van der Waals surface area contributed by atoms with Crippen LogP contribution in [0.2, 0.25) is 0 Å². The third-order valence-corrected chi connectivity index (χ3v) is 4.75. The first-order chi connectivity index (χ1) is 11.8. The molecule has 5 heteroatoms. The topological polar surface area (TPSA) is 55.2 Å². The fraction of sp³-hybridized carbons (Fsp3) is 0.300. The lowest BCUT2D eigenvalue weighted by Gasteiger charge is -2.37. The molecule has 0 bridgehead atoms. The molecule has 0 fully saturated rings. The molecule has 4 nitrogen and oxygen atoms in total. The summed E-state index contributed by atoms with van der Waals surface area (Å²) in [7, 11) is 0.439. The zero-order valence-corrected chi connectivity index (χ0v) is 15.2. The second-order valence-corrected chi connectivity index (χ2v) is 7.30. The van der Waals surface area contributed by atoms with Crippen LogP contribution in [0.1, 0.15) is 27.7 Å². The summed E-state index contributed by atoms with van der Waals surface area (Å²) < 4.78 is 5.94. The van der Waals surface area contributed by atoms with Gasteiger partial charge in [0.25, 0.3) is 0 Å². The summed E-state index contributed by atoms with van der Waals surface area (Å²) in [5.74, 6) is 0. The molecular weight excluding hydrogens is 311 g/mol. The second-order valence-electron chi connectivity index (χ2n) is 7.30. The lowest BCUT2D eigenvalue weighted by Crippen LogP contribution is -2.49. The number of aliphatic hydroxyl groups is 1. The maximum atomic E-state index is 10.2. The van der Waals surface area contributed by atoms with Crippen molar-refractivity contribution in [3.8, 4) is 11.4 Å². The maximum Gasteiger partial charge on any atom is 0.309 e. The SMILES string of the molecule is CC(C)(O)C(C)(C)OBc1ccc2nc(-c3ccccn3)ccc2c1. The minimum absolute atomic E-state index is 0.439. The Hall–Kier alpha value is -2.24. The van der Waals surface area contributed by atoms with Crippen molar-refractivity contribution in [2.45, 2.75) is 38.9 Å². The average molecular weight is 334 g/mol. The van der Waals surface area contributed by atoms with Gasteiger partial charge in [0.2, 0.25) is 0 Å². The summed E-state index contributed by atoms with van der Waals surface area (Å²) in [4.78, 5) is 9.04. The van der Waals surface area contributed by atoms with Gasteiger partial charge in [0.15, 0.2) is 0 Å². The Morgan fingerprint density at radius 1 is 0.960 bits per heavy atom. The third-order valence-electron chi connectivity index (χ3n) is 4.75. The molecule has 3 aromatic rings. The third kappa shape index (κ3) is 3.89. The first-order valence-corrected chi connectivity index (χ1v) is 8.44. The molecule has 3 rings (SSSR count). The highest BCUT2D eigenvalue weighted by molar-refractivity contribution is 6.47. The molecule has 0 aliphatic rings. The van der Waals surface area contributed by atoms with E-state index in [1.807, 2.05) is 50.2 Å². The Kier molecular flexibility index (Phi) is 4.63. The Bertz CT molecular complexity index is 874. The molecule has 0 radical (unpaired) electrons. The number of hydrogen-bond acceptors (Lipinski definition) is 4. The highest BCUT2D eigenvalue weighted by Gasteiger charge is 2.35. The van der Waals surface area contributed by atoms with E-state index < -0.39 is 11.2 Å². The van der Waals surface area contributed by atoms with E-state index >= 15 is 0 Å². The number of aromatic nitrogens is 2. The fourth-order valence-electron chi connectivity index (χ4n) is 2.36. The molecule has 0 atom stereocenters. The number of rotatable bonds is 5. The van der Waals surface area contributed by atoms with Crippen LogP contribution in [0.3, 0.4) is 0 Å². The number of benzene rings is 1. The number of fused-ring (bicyclic) bond motifs is 1. The molecule has 0 aliphatic heterocycles. The Balaban J connectivity index is 1.82. The van der Waals surface area contributed by atoms with Gasteiger partial charge in [-0.15, -0.1) is 0 Å². The molecule has 2 aromatic heterocycles. The highest BCUT2D eigenvalue weighted by Crippen LogP contribution is 2.24. The van der Waals surface area contributed by atoms with Crippen LogP contribution < -0.4 is 5.46 Å². The summed E-state index contributed by atoms with van der Waals surface area (Å²) in [6, 6.07) is 15.9. The number of hydrogen-bond donors (Lipinski definition) is 1. The molecule has 0 aliphatic carbocycles. The van der Waals surface area contributed by atoms with E-state index in [4.69, 9.17) is 9.64 Å². The second kappa shape index (κ2) is 6.58. The Morgan fingerprint density at radius 2 is 1.76 bits per heavy atom. The van der Waals surface area contributed by atoms with Gasteiger partial charge in [-0.1, -0.05) is 29.7 Å². The van der Waals surface area contributed by atoms with Crippen LogP contribution in [0, 0.1) is 0 Å². The summed E-state index contributed by atoms with van der Waals surface area (Å²) in [6.45, 7) is 7.32. The number of nitrogens with zero attached hydrogens (tertiary/aromatic N) is 2. The molecule has 1 N–H and O–H groups in total. The lowest BCUT2D eigenvalue weighted by atomic mass is 9.82. The quantitative estimate of drug-likeness (QED) is 0.729. The zero-order valence-electron chi connectivity index (χ0n) is 15.2. The summed E-state index contributed by atoms with van der Waals surface area (Å²) in [5.41, 5.74) is 2.15. The van der Waals surface area contributed by atoms with Crippen molar-refractivity contribution < 1.29 is 9.76 Å². The van der Waals surface area contributed by atoms with Crippen LogP contribution in [-0.4, -0.2) is 33.8 Å². The van der Waals surface area contributed by atoms with Crippen molar-refractivity contribution in [3.05, 3.63) is 54.7 Å². The van der Waals surface area contributed by atoms with Gasteiger partial charge < -0.3 is 9.76 Å². The normalized spacial score (nSPS) is 12.4. The highest BCUT2D eigenvalue weighted by atomic mass is 16.5. The van der Waals surface area contributed by atoms with Crippen LogP contribution in [0.5, 0.6) is 0 Å². The van der Waals surface area contributed by atoms with Gasteiger partial charge in [-0.3, -0.25) is 4.98 Å². The maximum absolute atomic E-state index is 10.2. The van der Waals surface area contributed by atoms with Gasteiger partial charge in [-0.05, 0) is 57.3 Å². The van der Waals surface area contributed by atoms with Crippen molar-refractivity contribution >= 4 is 23.8 Å². The number of pyridine rings is 2. The van der Waals surface area contributed by atoms with Gasteiger partial charge in [0, 0.05) is 6.20 Å². The van der Waals surface area contributed by atoms with Gasteiger partial charge in [0.1, 0.15) is 0 Å². The average Bonchev–Trinajstić information content (AvgIpc) is 2.59. The first kappa shape index (κ1) is 17.6.